The molecule has 3 heterocycles. The number of benzene rings is 2. The number of fused-ring (bicyclic) bond motifs is 3. The predicted octanol–water partition coefficient (Wildman–Crippen LogP) is 5.25. The molecule has 0 unspecified atom stereocenters. The van der Waals surface area contributed by atoms with Gasteiger partial charge in [0, 0.05) is 43.0 Å². The van der Waals surface area contributed by atoms with Crippen molar-refractivity contribution in [2.24, 2.45) is 5.92 Å². The fraction of sp³-hybridized carbons (Fsp3) is 0.370. The lowest BCUT2D eigenvalue weighted by Gasteiger charge is -2.33. The number of hydrogen-bond donors (Lipinski definition) is 1. The molecule has 174 valence electrons. The third-order valence-corrected chi connectivity index (χ3v) is 8.09. The van der Waals surface area contributed by atoms with Gasteiger partial charge in [0.2, 0.25) is 5.91 Å². The van der Waals surface area contributed by atoms with E-state index in [1.807, 2.05) is 15.2 Å². The highest BCUT2D eigenvalue weighted by Gasteiger charge is 2.30. The number of piperidine rings is 1. The Bertz CT molecular complexity index is 1240. The molecule has 0 radical (unpaired) electrons. The number of thiazole rings is 1. The number of rotatable bonds is 3. The van der Waals surface area contributed by atoms with Crippen LogP contribution in [0.25, 0.3) is 22.4 Å². The maximum atomic E-state index is 12.9. The standard InChI is InChI=1S/C27H28N4O2S/c32-25(18-9-13-31(14-10-18)27(33)30-11-3-4-12-30)29-26-28-24(17-34-26)20-7-8-23-21(16-20)15-19-5-1-2-6-22(19)23/h1-2,5-8,16-18H,3-4,9-15H2,(H,28,29,32). The number of likely N-dealkylation sites (tertiary alicyclic amines) is 2. The van der Waals surface area contributed by atoms with Gasteiger partial charge in [0.05, 0.1) is 5.69 Å². The van der Waals surface area contributed by atoms with Gasteiger partial charge >= 0.3 is 6.03 Å². The summed E-state index contributed by atoms with van der Waals surface area (Å²) in [5, 5.41) is 5.67. The molecule has 2 fully saturated rings. The highest BCUT2D eigenvalue weighted by atomic mass is 32.1. The van der Waals surface area contributed by atoms with Gasteiger partial charge in [0.1, 0.15) is 0 Å². The van der Waals surface area contributed by atoms with Crippen LogP contribution in [0, 0.1) is 5.92 Å². The maximum Gasteiger partial charge on any atom is 0.319 e. The van der Waals surface area contributed by atoms with Crippen molar-refractivity contribution in [2.75, 3.05) is 31.5 Å². The largest absolute Gasteiger partial charge is 0.325 e. The Labute approximate surface area is 203 Å². The summed E-state index contributed by atoms with van der Waals surface area (Å²) < 4.78 is 0. The molecule has 2 aromatic carbocycles. The van der Waals surface area contributed by atoms with Crippen LogP contribution >= 0.6 is 11.3 Å². The average molecular weight is 473 g/mol. The fourth-order valence-electron chi connectivity index (χ4n) is 5.42. The molecule has 3 aliphatic rings. The van der Waals surface area contributed by atoms with Gasteiger partial charge in [-0.25, -0.2) is 9.78 Å². The number of carbonyl (C=O) groups excluding carboxylic acids is 2. The summed E-state index contributed by atoms with van der Waals surface area (Å²) in [4.78, 5) is 34.0. The number of aromatic nitrogens is 1. The SMILES string of the molecule is O=C(Nc1nc(-c2ccc3c(c2)Cc2ccccc2-3)cs1)C1CCN(C(=O)N2CCCC2)CC1. The Hall–Kier alpha value is -3.19. The van der Waals surface area contributed by atoms with Gasteiger partial charge in [-0.05, 0) is 60.4 Å². The number of urea groups is 1. The van der Waals surface area contributed by atoms with E-state index in [1.54, 1.807) is 0 Å². The van der Waals surface area contributed by atoms with E-state index in [-0.39, 0.29) is 17.9 Å². The second kappa shape index (κ2) is 8.87. The fourth-order valence-corrected chi connectivity index (χ4v) is 6.14. The molecule has 6 nitrogen and oxygen atoms in total. The highest BCUT2D eigenvalue weighted by molar-refractivity contribution is 7.14. The Balaban J connectivity index is 1.07. The summed E-state index contributed by atoms with van der Waals surface area (Å²) in [6.07, 6.45) is 4.55. The van der Waals surface area contributed by atoms with Crippen molar-refractivity contribution in [2.45, 2.75) is 32.1 Å². The molecule has 2 saturated heterocycles. The average Bonchev–Trinajstić information content (AvgIpc) is 3.63. The zero-order chi connectivity index (χ0) is 23.1. The van der Waals surface area contributed by atoms with Crippen LogP contribution in [0.5, 0.6) is 0 Å². The monoisotopic (exact) mass is 472 g/mol. The van der Waals surface area contributed by atoms with Gasteiger partial charge in [-0.2, -0.15) is 0 Å². The molecular weight excluding hydrogens is 444 g/mol. The van der Waals surface area contributed by atoms with E-state index in [4.69, 9.17) is 4.98 Å². The first-order valence-corrected chi connectivity index (χ1v) is 13.1. The van der Waals surface area contributed by atoms with Crippen molar-refractivity contribution in [1.82, 2.24) is 14.8 Å². The van der Waals surface area contributed by atoms with Gasteiger partial charge in [0.15, 0.2) is 5.13 Å². The van der Waals surface area contributed by atoms with Gasteiger partial charge in [-0.1, -0.05) is 36.4 Å². The van der Waals surface area contributed by atoms with E-state index in [0.717, 1.165) is 43.6 Å². The quantitative estimate of drug-likeness (QED) is 0.443. The van der Waals surface area contributed by atoms with Gasteiger partial charge in [0.25, 0.3) is 0 Å². The predicted molar refractivity (Wildman–Crippen MR) is 135 cm³/mol. The van der Waals surface area contributed by atoms with E-state index in [1.165, 1.54) is 33.6 Å². The molecule has 0 atom stereocenters. The Morgan fingerprint density at radius 1 is 0.912 bits per heavy atom. The molecule has 1 aliphatic carbocycles. The highest BCUT2D eigenvalue weighted by Crippen LogP contribution is 2.38. The van der Waals surface area contributed by atoms with Gasteiger partial charge in [-0.15, -0.1) is 11.3 Å². The number of nitrogens with one attached hydrogen (secondary N) is 1. The number of carbonyl (C=O) groups is 2. The third kappa shape index (κ3) is 3.98. The Kier molecular flexibility index (Phi) is 5.57. The minimum Gasteiger partial charge on any atom is -0.325 e. The maximum absolute atomic E-state index is 12.9. The van der Waals surface area contributed by atoms with Crippen molar-refractivity contribution in [1.29, 1.82) is 0 Å². The van der Waals surface area contributed by atoms with Crippen molar-refractivity contribution in [3.63, 3.8) is 0 Å². The summed E-state index contributed by atoms with van der Waals surface area (Å²) in [5.74, 6) is -0.0629. The molecule has 34 heavy (non-hydrogen) atoms. The minimum atomic E-state index is -0.0755. The van der Waals surface area contributed by atoms with Crippen LogP contribution < -0.4 is 5.32 Å². The van der Waals surface area contributed by atoms with E-state index in [9.17, 15) is 9.59 Å². The Morgan fingerprint density at radius 2 is 1.65 bits per heavy atom. The lowest BCUT2D eigenvalue weighted by Crippen LogP contribution is -2.47. The van der Waals surface area contributed by atoms with Crippen molar-refractivity contribution < 1.29 is 9.59 Å². The summed E-state index contributed by atoms with van der Waals surface area (Å²) in [5.41, 5.74) is 7.30. The molecular formula is C27H28N4O2S. The second-order valence-electron chi connectivity index (χ2n) is 9.47. The van der Waals surface area contributed by atoms with E-state index in [0.29, 0.717) is 31.1 Å². The first-order valence-electron chi connectivity index (χ1n) is 12.2. The smallest absolute Gasteiger partial charge is 0.319 e. The number of hydrogen-bond acceptors (Lipinski definition) is 4. The van der Waals surface area contributed by atoms with E-state index in [2.05, 4.69) is 47.8 Å². The molecule has 3 amide bonds. The normalized spacial score (nSPS) is 17.5. The number of amides is 3. The van der Waals surface area contributed by atoms with Crippen LogP contribution in [-0.2, 0) is 11.2 Å². The van der Waals surface area contributed by atoms with Crippen molar-refractivity contribution in [3.05, 3.63) is 59.0 Å². The molecule has 3 aromatic rings. The molecule has 0 saturated carbocycles. The number of nitrogens with zero attached hydrogens (tertiary/aromatic N) is 3. The Morgan fingerprint density at radius 3 is 2.47 bits per heavy atom. The lowest BCUT2D eigenvalue weighted by atomic mass is 9.96. The molecule has 1 N–H and O–H groups in total. The van der Waals surface area contributed by atoms with Crippen molar-refractivity contribution >= 4 is 28.4 Å². The van der Waals surface area contributed by atoms with Crippen LogP contribution in [0.4, 0.5) is 9.93 Å². The zero-order valence-corrected chi connectivity index (χ0v) is 19.9. The molecule has 0 spiro atoms. The topological polar surface area (TPSA) is 65.5 Å². The van der Waals surface area contributed by atoms with E-state index >= 15 is 0 Å². The zero-order valence-electron chi connectivity index (χ0n) is 19.1. The van der Waals surface area contributed by atoms with Crippen LogP contribution in [0.15, 0.2) is 47.8 Å². The summed E-state index contributed by atoms with van der Waals surface area (Å²) in [7, 11) is 0. The first kappa shape index (κ1) is 21.4. The molecule has 6 rings (SSSR count). The summed E-state index contributed by atoms with van der Waals surface area (Å²) in [6, 6.07) is 15.2. The summed E-state index contributed by atoms with van der Waals surface area (Å²) in [6.45, 7) is 3.02. The molecule has 7 heteroatoms. The van der Waals surface area contributed by atoms with Gasteiger partial charge in [-0.3, -0.25) is 4.79 Å². The third-order valence-electron chi connectivity index (χ3n) is 7.34. The lowest BCUT2D eigenvalue weighted by molar-refractivity contribution is -0.121. The van der Waals surface area contributed by atoms with Crippen LogP contribution in [0.3, 0.4) is 0 Å². The molecule has 1 aromatic heterocycles. The van der Waals surface area contributed by atoms with E-state index < -0.39 is 0 Å². The second-order valence-corrected chi connectivity index (χ2v) is 10.3. The van der Waals surface area contributed by atoms with Crippen LogP contribution in [0.1, 0.15) is 36.8 Å². The number of anilines is 1. The van der Waals surface area contributed by atoms with Gasteiger partial charge < -0.3 is 15.1 Å². The molecule has 2 aliphatic heterocycles. The first-order chi connectivity index (χ1) is 16.7. The molecule has 0 bridgehead atoms. The van der Waals surface area contributed by atoms with Crippen molar-refractivity contribution in [3.8, 4) is 22.4 Å². The minimum absolute atomic E-state index is 0.0126. The van der Waals surface area contributed by atoms with Crippen LogP contribution in [0.2, 0.25) is 0 Å². The summed E-state index contributed by atoms with van der Waals surface area (Å²) >= 11 is 1.47. The van der Waals surface area contributed by atoms with Crippen LogP contribution in [-0.4, -0.2) is 52.9 Å².